The van der Waals surface area contributed by atoms with Crippen LogP contribution in [0.4, 0.5) is 5.69 Å². The predicted octanol–water partition coefficient (Wildman–Crippen LogP) is 7.10. The molecule has 4 aromatic rings. The number of fused-ring (bicyclic) bond motifs is 1. The van der Waals surface area contributed by atoms with E-state index < -0.39 is 5.91 Å². The number of nitrogens with zero attached hydrogens (tertiary/aromatic N) is 2. The molecule has 0 aliphatic rings. The van der Waals surface area contributed by atoms with E-state index in [-0.39, 0.29) is 5.57 Å². The van der Waals surface area contributed by atoms with Gasteiger partial charge in [-0.3, -0.25) is 4.79 Å². The van der Waals surface area contributed by atoms with Crippen LogP contribution in [0.2, 0.25) is 10.0 Å². The number of rotatable bonds is 4. The molecule has 158 valence electrons. The average molecular weight is 460 g/mol. The normalized spacial score (nSPS) is 11.4. The molecule has 0 spiro atoms. The first kappa shape index (κ1) is 21.7. The fourth-order valence-electron chi connectivity index (χ4n) is 3.72. The van der Waals surface area contributed by atoms with Crippen LogP contribution in [-0.2, 0) is 4.79 Å². The predicted molar refractivity (Wildman–Crippen MR) is 131 cm³/mol. The summed E-state index contributed by atoms with van der Waals surface area (Å²) in [6, 6.07) is 22.9. The number of aryl methyl sites for hydroxylation is 1. The lowest BCUT2D eigenvalue weighted by Crippen LogP contribution is -2.13. The first-order valence-electron chi connectivity index (χ1n) is 9.93. The molecule has 0 radical (unpaired) electrons. The SMILES string of the molecule is Cc1cc(/C=C(/C#N)C(=O)Nc2ccc3ccccc3c2)c(C)n1-c1ccc(Cl)c(Cl)c1. The molecule has 1 N–H and O–H groups in total. The first-order valence-corrected chi connectivity index (χ1v) is 10.7. The summed E-state index contributed by atoms with van der Waals surface area (Å²) in [4.78, 5) is 12.8. The standard InChI is InChI=1S/C26H19Cl2N3O/c1-16-11-20(17(2)31(16)23-9-10-24(27)25(28)14-23)12-21(15-29)26(32)30-22-8-7-18-5-3-4-6-19(18)13-22/h3-14H,1-2H3,(H,30,32)/b21-12-. The smallest absolute Gasteiger partial charge is 0.266 e. The van der Waals surface area contributed by atoms with Gasteiger partial charge in [0.15, 0.2) is 0 Å². The van der Waals surface area contributed by atoms with Crippen molar-refractivity contribution >= 4 is 51.6 Å². The highest BCUT2D eigenvalue weighted by atomic mass is 35.5. The van der Waals surface area contributed by atoms with E-state index >= 15 is 0 Å². The molecule has 4 rings (SSSR count). The summed E-state index contributed by atoms with van der Waals surface area (Å²) in [5, 5.41) is 15.5. The highest BCUT2D eigenvalue weighted by Crippen LogP contribution is 2.28. The van der Waals surface area contributed by atoms with E-state index in [4.69, 9.17) is 23.2 Å². The summed E-state index contributed by atoms with van der Waals surface area (Å²) < 4.78 is 2.00. The third kappa shape index (κ3) is 4.27. The third-order valence-electron chi connectivity index (χ3n) is 5.30. The minimum Gasteiger partial charge on any atom is -0.321 e. The van der Waals surface area contributed by atoms with E-state index in [1.165, 1.54) is 0 Å². The number of nitriles is 1. The van der Waals surface area contributed by atoms with Crippen molar-refractivity contribution in [1.82, 2.24) is 4.57 Å². The van der Waals surface area contributed by atoms with Crippen LogP contribution in [0.25, 0.3) is 22.5 Å². The van der Waals surface area contributed by atoms with Gasteiger partial charge in [-0.05, 0) is 72.7 Å². The summed E-state index contributed by atoms with van der Waals surface area (Å²) in [6.07, 6.45) is 1.60. The minimum atomic E-state index is -0.456. The Hall–Kier alpha value is -3.52. The zero-order valence-corrected chi connectivity index (χ0v) is 19.0. The molecular weight excluding hydrogens is 441 g/mol. The van der Waals surface area contributed by atoms with Crippen LogP contribution in [-0.4, -0.2) is 10.5 Å². The van der Waals surface area contributed by atoms with Crippen molar-refractivity contribution in [2.75, 3.05) is 5.32 Å². The van der Waals surface area contributed by atoms with Gasteiger partial charge in [0.25, 0.3) is 5.91 Å². The molecule has 0 aliphatic heterocycles. The number of halogens is 2. The Bertz CT molecular complexity index is 1430. The quantitative estimate of drug-likeness (QED) is 0.261. The highest BCUT2D eigenvalue weighted by Gasteiger charge is 2.15. The minimum absolute atomic E-state index is 0.0209. The lowest BCUT2D eigenvalue weighted by atomic mass is 10.1. The molecular formula is C26H19Cl2N3O. The van der Waals surface area contributed by atoms with E-state index in [0.717, 1.165) is 33.4 Å². The Morgan fingerprint density at radius 3 is 2.44 bits per heavy atom. The molecule has 0 saturated heterocycles. The Balaban J connectivity index is 1.64. The van der Waals surface area contributed by atoms with Crippen LogP contribution in [0.3, 0.4) is 0 Å². The van der Waals surface area contributed by atoms with Crippen molar-refractivity contribution in [3.63, 3.8) is 0 Å². The van der Waals surface area contributed by atoms with Gasteiger partial charge in [0.2, 0.25) is 0 Å². The van der Waals surface area contributed by atoms with Crippen molar-refractivity contribution < 1.29 is 4.79 Å². The maximum Gasteiger partial charge on any atom is 0.266 e. The van der Waals surface area contributed by atoms with Gasteiger partial charge in [0.05, 0.1) is 10.0 Å². The lowest BCUT2D eigenvalue weighted by Gasteiger charge is -2.11. The molecule has 1 amide bonds. The first-order chi connectivity index (χ1) is 15.4. The molecule has 0 fully saturated rings. The Morgan fingerprint density at radius 2 is 1.72 bits per heavy atom. The number of amides is 1. The Labute approximate surface area is 196 Å². The molecule has 32 heavy (non-hydrogen) atoms. The number of carbonyl (C=O) groups is 1. The summed E-state index contributed by atoms with van der Waals surface area (Å²) >= 11 is 12.2. The second-order valence-electron chi connectivity index (χ2n) is 7.45. The van der Waals surface area contributed by atoms with E-state index in [2.05, 4.69) is 5.32 Å². The molecule has 0 saturated carbocycles. The highest BCUT2D eigenvalue weighted by molar-refractivity contribution is 6.42. The number of nitrogens with one attached hydrogen (secondary N) is 1. The van der Waals surface area contributed by atoms with Crippen molar-refractivity contribution in [1.29, 1.82) is 5.26 Å². The fraction of sp³-hybridized carbons (Fsp3) is 0.0769. The molecule has 0 bridgehead atoms. The third-order valence-corrected chi connectivity index (χ3v) is 6.04. The summed E-state index contributed by atoms with van der Waals surface area (Å²) in [5.74, 6) is -0.456. The second-order valence-corrected chi connectivity index (χ2v) is 8.26. The van der Waals surface area contributed by atoms with Crippen LogP contribution in [0.1, 0.15) is 17.0 Å². The molecule has 6 heteroatoms. The fourth-order valence-corrected chi connectivity index (χ4v) is 4.02. The van der Waals surface area contributed by atoms with Crippen molar-refractivity contribution in [2.45, 2.75) is 13.8 Å². The van der Waals surface area contributed by atoms with Gasteiger partial charge in [0, 0.05) is 22.8 Å². The molecule has 1 heterocycles. The maximum absolute atomic E-state index is 12.8. The van der Waals surface area contributed by atoms with E-state index in [1.54, 1.807) is 18.2 Å². The number of benzene rings is 3. The number of hydrogen-bond donors (Lipinski definition) is 1. The monoisotopic (exact) mass is 459 g/mol. The van der Waals surface area contributed by atoms with Crippen LogP contribution < -0.4 is 5.32 Å². The average Bonchev–Trinajstić information content (AvgIpc) is 3.06. The zero-order valence-electron chi connectivity index (χ0n) is 17.5. The van der Waals surface area contributed by atoms with Crippen LogP contribution in [0.15, 0.2) is 72.3 Å². The van der Waals surface area contributed by atoms with Crippen LogP contribution in [0, 0.1) is 25.2 Å². The number of aromatic nitrogens is 1. The second kappa shape index (κ2) is 8.92. The van der Waals surface area contributed by atoms with Crippen LogP contribution in [0.5, 0.6) is 0 Å². The molecule has 3 aromatic carbocycles. The summed E-state index contributed by atoms with van der Waals surface area (Å²) in [6.45, 7) is 3.88. The van der Waals surface area contributed by atoms with Gasteiger partial charge >= 0.3 is 0 Å². The summed E-state index contributed by atoms with van der Waals surface area (Å²) in [5.41, 5.74) is 4.11. The molecule has 0 aliphatic carbocycles. The number of carbonyl (C=O) groups excluding carboxylic acids is 1. The molecule has 0 atom stereocenters. The van der Waals surface area contributed by atoms with Gasteiger partial charge < -0.3 is 9.88 Å². The van der Waals surface area contributed by atoms with Gasteiger partial charge in [0.1, 0.15) is 11.6 Å². The van der Waals surface area contributed by atoms with Crippen molar-refractivity contribution in [2.24, 2.45) is 0 Å². The van der Waals surface area contributed by atoms with Crippen molar-refractivity contribution in [3.05, 3.63) is 99.3 Å². The van der Waals surface area contributed by atoms with Crippen LogP contribution >= 0.6 is 23.2 Å². The molecule has 1 aromatic heterocycles. The van der Waals surface area contributed by atoms with Gasteiger partial charge in [-0.2, -0.15) is 5.26 Å². The van der Waals surface area contributed by atoms with E-state index in [9.17, 15) is 10.1 Å². The van der Waals surface area contributed by atoms with E-state index in [1.807, 2.05) is 79.1 Å². The van der Waals surface area contributed by atoms with E-state index in [0.29, 0.717) is 15.7 Å². The zero-order chi connectivity index (χ0) is 22.8. The Morgan fingerprint density at radius 1 is 0.969 bits per heavy atom. The number of hydrogen-bond acceptors (Lipinski definition) is 2. The topological polar surface area (TPSA) is 57.8 Å². The van der Waals surface area contributed by atoms with Gasteiger partial charge in [-0.1, -0.05) is 53.5 Å². The Kier molecular flexibility index (Phi) is 6.05. The maximum atomic E-state index is 12.8. The summed E-state index contributed by atoms with van der Waals surface area (Å²) in [7, 11) is 0. The lowest BCUT2D eigenvalue weighted by molar-refractivity contribution is -0.112. The molecule has 4 nitrogen and oxygen atoms in total. The largest absolute Gasteiger partial charge is 0.321 e. The van der Waals surface area contributed by atoms with Gasteiger partial charge in [-0.15, -0.1) is 0 Å². The van der Waals surface area contributed by atoms with Gasteiger partial charge in [-0.25, -0.2) is 0 Å². The van der Waals surface area contributed by atoms with Crippen molar-refractivity contribution in [3.8, 4) is 11.8 Å². The number of anilines is 1. The molecule has 0 unspecified atom stereocenters.